The van der Waals surface area contributed by atoms with Gasteiger partial charge in [0.05, 0.1) is 18.5 Å². The molecular weight excluding hydrogens is 284 g/mol. The summed E-state index contributed by atoms with van der Waals surface area (Å²) in [5, 5.41) is 21.7. The van der Waals surface area contributed by atoms with Crippen molar-refractivity contribution in [2.24, 2.45) is 5.73 Å². The highest BCUT2D eigenvalue weighted by molar-refractivity contribution is 7.10. The summed E-state index contributed by atoms with van der Waals surface area (Å²) in [5.74, 6) is -2.62. The molecule has 2 unspecified atom stereocenters. The molecule has 0 fully saturated rings. The second-order valence-electron chi connectivity index (χ2n) is 4.21. The molecule has 8 heteroatoms. The Morgan fingerprint density at radius 2 is 2.00 bits per heavy atom. The van der Waals surface area contributed by atoms with Crippen molar-refractivity contribution >= 4 is 29.2 Å². The first-order valence-corrected chi connectivity index (χ1v) is 6.81. The zero-order chi connectivity index (χ0) is 15.1. The van der Waals surface area contributed by atoms with Crippen LogP contribution < -0.4 is 11.1 Å². The molecule has 0 aromatic carbocycles. The molecule has 0 aliphatic carbocycles. The van der Waals surface area contributed by atoms with Crippen LogP contribution >= 0.6 is 11.3 Å². The molecule has 0 bridgehead atoms. The zero-order valence-electron chi connectivity index (χ0n) is 10.6. The number of nitrogens with two attached hydrogens (primary N) is 1. The molecule has 110 valence electrons. The summed E-state index contributed by atoms with van der Waals surface area (Å²) in [6.07, 6.45) is -0.458. The summed E-state index contributed by atoms with van der Waals surface area (Å²) >= 11 is 1.33. The third kappa shape index (κ3) is 5.37. The second-order valence-corrected chi connectivity index (χ2v) is 5.19. The van der Waals surface area contributed by atoms with Gasteiger partial charge < -0.3 is 21.3 Å². The molecule has 5 N–H and O–H groups in total. The minimum atomic E-state index is -1.04. The molecule has 20 heavy (non-hydrogen) atoms. The van der Waals surface area contributed by atoms with Crippen molar-refractivity contribution in [2.45, 2.75) is 31.3 Å². The second kappa shape index (κ2) is 7.61. The topological polar surface area (TPSA) is 130 Å². The van der Waals surface area contributed by atoms with Crippen LogP contribution in [-0.2, 0) is 14.4 Å². The fourth-order valence-corrected chi connectivity index (χ4v) is 2.35. The number of thiophene rings is 1. The molecule has 1 heterocycles. The fourth-order valence-electron chi connectivity index (χ4n) is 1.58. The molecular formula is C12H16N2O5S. The van der Waals surface area contributed by atoms with Crippen LogP contribution in [0.4, 0.5) is 0 Å². The van der Waals surface area contributed by atoms with E-state index in [9.17, 15) is 14.4 Å². The predicted molar refractivity (Wildman–Crippen MR) is 72.3 cm³/mol. The van der Waals surface area contributed by atoms with Crippen LogP contribution in [-0.4, -0.2) is 34.1 Å². The summed E-state index contributed by atoms with van der Waals surface area (Å²) < 4.78 is 0. The number of amides is 1. The van der Waals surface area contributed by atoms with Crippen LogP contribution in [0, 0.1) is 0 Å². The number of hydrogen-bond acceptors (Lipinski definition) is 5. The zero-order valence-corrected chi connectivity index (χ0v) is 11.4. The summed E-state index contributed by atoms with van der Waals surface area (Å²) in [5.41, 5.74) is 5.58. The first-order valence-electron chi connectivity index (χ1n) is 5.93. The van der Waals surface area contributed by atoms with Gasteiger partial charge in [-0.15, -0.1) is 11.3 Å². The van der Waals surface area contributed by atoms with Crippen LogP contribution in [0.2, 0.25) is 0 Å². The van der Waals surface area contributed by atoms with Gasteiger partial charge in [0.15, 0.2) is 0 Å². The number of carbonyl (C=O) groups excluding carboxylic acids is 1. The van der Waals surface area contributed by atoms with Gasteiger partial charge in [-0.05, 0) is 17.9 Å². The highest BCUT2D eigenvalue weighted by Crippen LogP contribution is 2.22. The van der Waals surface area contributed by atoms with Gasteiger partial charge in [0.1, 0.15) is 0 Å². The van der Waals surface area contributed by atoms with E-state index >= 15 is 0 Å². The maximum atomic E-state index is 11.8. The van der Waals surface area contributed by atoms with Crippen LogP contribution in [0.15, 0.2) is 17.5 Å². The minimum Gasteiger partial charge on any atom is -0.481 e. The van der Waals surface area contributed by atoms with E-state index in [2.05, 4.69) is 5.32 Å². The Kier molecular flexibility index (Phi) is 6.13. The van der Waals surface area contributed by atoms with E-state index in [-0.39, 0.29) is 19.3 Å². The van der Waals surface area contributed by atoms with E-state index in [4.69, 9.17) is 15.9 Å². The molecule has 1 aromatic heterocycles. The molecule has 0 saturated carbocycles. The molecule has 0 spiro atoms. The SMILES string of the molecule is NC(CCC(=O)O)C(=O)NC(CC(=O)O)c1cccs1. The Bertz CT molecular complexity index is 474. The first-order chi connectivity index (χ1) is 9.40. The van der Waals surface area contributed by atoms with Gasteiger partial charge in [0.2, 0.25) is 5.91 Å². The molecule has 0 aliphatic rings. The Labute approximate surface area is 119 Å². The molecule has 0 saturated heterocycles. The third-order valence-corrected chi connectivity index (χ3v) is 3.57. The molecule has 0 aliphatic heterocycles. The lowest BCUT2D eigenvalue weighted by Gasteiger charge is -2.18. The average Bonchev–Trinajstić information content (AvgIpc) is 2.88. The van der Waals surface area contributed by atoms with Crippen LogP contribution in [0.3, 0.4) is 0 Å². The van der Waals surface area contributed by atoms with Crippen molar-refractivity contribution in [1.82, 2.24) is 5.32 Å². The number of carboxylic acids is 2. The Hall–Kier alpha value is -1.93. The van der Waals surface area contributed by atoms with Crippen molar-refractivity contribution in [1.29, 1.82) is 0 Å². The average molecular weight is 300 g/mol. The van der Waals surface area contributed by atoms with Crippen molar-refractivity contribution in [3.8, 4) is 0 Å². The standard InChI is InChI=1S/C12H16N2O5S/c13-7(3-4-10(15)16)12(19)14-8(6-11(17)18)9-2-1-5-20-9/h1-2,5,7-8H,3-4,6,13H2,(H,14,19)(H,15,16)(H,17,18). The van der Waals surface area contributed by atoms with Crippen molar-refractivity contribution in [2.75, 3.05) is 0 Å². The van der Waals surface area contributed by atoms with Gasteiger partial charge in [-0.25, -0.2) is 0 Å². The van der Waals surface area contributed by atoms with E-state index in [1.165, 1.54) is 11.3 Å². The molecule has 1 aromatic rings. The number of aliphatic carboxylic acids is 2. The number of hydrogen-bond donors (Lipinski definition) is 4. The van der Waals surface area contributed by atoms with E-state index < -0.39 is 29.9 Å². The van der Waals surface area contributed by atoms with Gasteiger partial charge in [0.25, 0.3) is 0 Å². The number of carboxylic acid groups (broad SMARTS) is 2. The van der Waals surface area contributed by atoms with Gasteiger partial charge in [-0.2, -0.15) is 0 Å². The lowest BCUT2D eigenvalue weighted by molar-refractivity contribution is -0.138. The van der Waals surface area contributed by atoms with Crippen LogP contribution in [0.1, 0.15) is 30.2 Å². The maximum absolute atomic E-state index is 11.8. The summed E-state index contributed by atoms with van der Waals surface area (Å²) in [7, 11) is 0. The quantitative estimate of drug-likeness (QED) is 0.555. The van der Waals surface area contributed by atoms with Gasteiger partial charge in [0, 0.05) is 11.3 Å². The van der Waals surface area contributed by atoms with Crippen molar-refractivity contribution < 1.29 is 24.6 Å². The number of rotatable bonds is 8. The monoisotopic (exact) mass is 300 g/mol. The lowest BCUT2D eigenvalue weighted by atomic mass is 10.1. The Morgan fingerprint density at radius 3 is 2.50 bits per heavy atom. The number of nitrogens with one attached hydrogen (secondary N) is 1. The van der Waals surface area contributed by atoms with Crippen LogP contribution in [0.25, 0.3) is 0 Å². The summed E-state index contributed by atoms with van der Waals surface area (Å²) in [6, 6.07) is 1.85. The van der Waals surface area contributed by atoms with Gasteiger partial charge >= 0.3 is 11.9 Å². The van der Waals surface area contributed by atoms with E-state index in [1.54, 1.807) is 17.5 Å². The van der Waals surface area contributed by atoms with E-state index in [0.29, 0.717) is 4.88 Å². The first kappa shape index (κ1) is 16.1. The Morgan fingerprint density at radius 1 is 1.30 bits per heavy atom. The minimum absolute atomic E-state index is 0.00536. The van der Waals surface area contributed by atoms with Gasteiger partial charge in [-0.3, -0.25) is 14.4 Å². The predicted octanol–water partition coefficient (Wildman–Crippen LogP) is 0.572. The largest absolute Gasteiger partial charge is 0.481 e. The highest BCUT2D eigenvalue weighted by atomic mass is 32.1. The summed E-state index contributed by atoms with van der Waals surface area (Å²) in [6.45, 7) is 0. The van der Waals surface area contributed by atoms with Gasteiger partial charge in [-0.1, -0.05) is 6.07 Å². The van der Waals surface area contributed by atoms with E-state index in [0.717, 1.165) is 0 Å². The molecule has 7 nitrogen and oxygen atoms in total. The highest BCUT2D eigenvalue weighted by Gasteiger charge is 2.22. The molecule has 2 atom stereocenters. The van der Waals surface area contributed by atoms with E-state index in [1.807, 2.05) is 0 Å². The summed E-state index contributed by atoms with van der Waals surface area (Å²) in [4.78, 5) is 33.8. The van der Waals surface area contributed by atoms with Crippen molar-refractivity contribution in [3.63, 3.8) is 0 Å². The fraction of sp³-hybridized carbons (Fsp3) is 0.417. The van der Waals surface area contributed by atoms with Crippen molar-refractivity contribution in [3.05, 3.63) is 22.4 Å². The van der Waals surface area contributed by atoms with Crippen LogP contribution in [0.5, 0.6) is 0 Å². The molecule has 1 amide bonds. The molecule has 0 radical (unpaired) electrons. The number of carbonyl (C=O) groups is 3. The molecule has 1 rings (SSSR count). The maximum Gasteiger partial charge on any atom is 0.305 e. The normalized spacial score (nSPS) is 13.4. The third-order valence-electron chi connectivity index (χ3n) is 2.59. The Balaban J connectivity index is 2.62. The smallest absolute Gasteiger partial charge is 0.305 e. The lowest BCUT2D eigenvalue weighted by Crippen LogP contribution is -2.42.